The molecule has 140 valence electrons. The minimum absolute atomic E-state index is 0.120. The number of nitrogens with one attached hydrogen (secondary N) is 2. The Labute approximate surface area is 162 Å². The number of benzene rings is 2. The number of rotatable bonds is 6. The van der Waals surface area contributed by atoms with Gasteiger partial charge in [-0.25, -0.2) is 0 Å². The van der Waals surface area contributed by atoms with Gasteiger partial charge in [0.05, 0.1) is 11.3 Å². The van der Waals surface area contributed by atoms with E-state index >= 15 is 0 Å². The summed E-state index contributed by atoms with van der Waals surface area (Å²) in [6.07, 6.45) is 0. The van der Waals surface area contributed by atoms with Crippen LogP contribution in [0.4, 0.5) is 5.69 Å². The number of carbonyl (C=O) groups excluding carboxylic acids is 3. The Hall–Kier alpha value is -2.80. The maximum absolute atomic E-state index is 12.6. The van der Waals surface area contributed by atoms with E-state index in [4.69, 9.17) is 0 Å². The fourth-order valence-electron chi connectivity index (χ4n) is 2.83. The molecular formula is C20H21N3O3S. The van der Waals surface area contributed by atoms with Crippen molar-refractivity contribution >= 4 is 35.2 Å². The Balaban J connectivity index is 1.61. The van der Waals surface area contributed by atoms with Gasteiger partial charge in [-0.05, 0) is 31.2 Å². The Morgan fingerprint density at radius 2 is 1.81 bits per heavy atom. The van der Waals surface area contributed by atoms with Crippen LogP contribution in [0.1, 0.15) is 17.3 Å². The first-order chi connectivity index (χ1) is 13.1. The van der Waals surface area contributed by atoms with Gasteiger partial charge in [0.1, 0.15) is 12.6 Å². The maximum Gasteiger partial charge on any atom is 0.254 e. The normalized spacial score (nSPS) is 16.3. The van der Waals surface area contributed by atoms with Gasteiger partial charge in [-0.15, -0.1) is 11.8 Å². The third-order valence-corrected chi connectivity index (χ3v) is 5.18. The Morgan fingerprint density at radius 1 is 1.11 bits per heavy atom. The van der Waals surface area contributed by atoms with E-state index in [2.05, 4.69) is 10.6 Å². The monoisotopic (exact) mass is 383 g/mol. The number of thioether (sulfide) groups is 1. The quantitative estimate of drug-likeness (QED) is 0.591. The van der Waals surface area contributed by atoms with Crippen LogP contribution in [0.3, 0.4) is 0 Å². The van der Waals surface area contributed by atoms with E-state index < -0.39 is 6.04 Å². The lowest BCUT2D eigenvalue weighted by atomic mass is 10.1. The van der Waals surface area contributed by atoms with E-state index in [1.807, 2.05) is 30.3 Å². The molecule has 0 aromatic heterocycles. The largest absolute Gasteiger partial charge is 0.354 e. The number of hydrogen-bond donors (Lipinski definition) is 2. The minimum atomic E-state index is -0.689. The van der Waals surface area contributed by atoms with Gasteiger partial charge in [-0.3, -0.25) is 14.4 Å². The zero-order valence-electron chi connectivity index (χ0n) is 15.0. The summed E-state index contributed by atoms with van der Waals surface area (Å²) in [5, 5.41) is 5.50. The lowest BCUT2D eigenvalue weighted by Crippen LogP contribution is -2.47. The Kier molecular flexibility index (Phi) is 6.13. The van der Waals surface area contributed by atoms with Crippen molar-refractivity contribution in [1.82, 2.24) is 10.6 Å². The molecule has 2 aromatic rings. The Morgan fingerprint density at radius 3 is 2.59 bits per heavy atom. The third kappa shape index (κ3) is 4.68. The van der Waals surface area contributed by atoms with E-state index in [9.17, 15) is 14.4 Å². The molecule has 1 atom stereocenters. The fourth-order valence-corrected chi connectivity index (χ4v) is 3.62. The zero-order chi connectivity index (χ0) is 19.2. The average molecular weight is 383 g/mol. The Bertz CT molecular complexity index is 841. The summed E-state index contributed by atoms with van der Waals surface area (Å²) >= 11 is 1.65. The topological polar surface area (TPSA) is 78.5 Å². The van der Waals surface area contributed by atoms with Crippen molar-refractivity contribution < 1.29 is 14.4 Å². The van der Waals surface area contributed by atoms with E-state index in [1.165, 1.54) is 4.90 Å². The number of nitrogens with zero attached hydrogens (tertiary/aromatic N) is 1. The predicted octanol–water partition coefficient (Wildman–Crippen LogP) is 2.06. The second kappa shape index (κ2) is 8.73. The maximum atomic E-state index is 12.6. The van der Waals surface area contributed by atoms with Gasteiger partial charge in [0, 0.05) is 17.2 Å². The first kappa shape index (κ1) is 19.0. The van der Waals surface area contributed by atoms with Crippen molar-refractivity contribution in [3.63, 3.8) is 0 Å². The van der Waals surface area contributed by atoms with Crippen LogP contribution in [-0.4, -0.2) is 42.6 Å². The molecular weight excluding hydrogens is 362 g/mol. The number of hydrogen-bond acceptors (Lipinski definition) is 4. The highest BCUT2D eigenvalue weighted by atomic mass is 32.2. The predicted molar refractivity (Wildman–Crippen MR) is 106 cm³/mol. The van der Waals surface area contributed by atoms with Gasteiger partial charge in [0.2, 0.25) is 11.8 Å². The van der Waals surface area contributed by atoms with Crippen molar-refractivity contribution in [3.05, 3.63) is 60.2 Å². The summed E-state index contributed by atoms with van der Waals surface area (Å²) < 4.78 is 0. The van der Waals surface area contributed by atoms with Crippen molar-refractivity contribution in [2.75, 3.05) is 23.7 Å². The van der Waals surface area contributed by atoms with Crippen LogP contribution in [0.25, 0.3) is 0 Å². The van der Waals surface area contributed by atoms with Crippen LogP contribution in [-0.2, 0) is 9.59 Å². The molecule has 0 saturated carbocycles. The molecule has 27 heavy (non-hydrogen) atoms. The molecule has 0 unspecified atom stereocenters. The smallest absolute Gasteiger partial charge is 0.254 e. The molecule has 1 heterocycles. The van der Waals surface area contributed by atoms with E-state index in [0.717, 1.165) is 10.6 Å². The van der Waals surface area contributed by atoms with Crippen molar-refractivity contribution in [2.45, 2.75) is 17.9 Å². The van der Waals surface area contributed by atoms with E-state index in [1.54, 1.807) is 43.0 Å². The van der Waals surface area contributed by atoms with Crippen LogP contribution in [0.2, 0.25) is 0 Å². The van der Waals surface area contributed by atoms with Crippen molar-refractivity contribution in [1.29, 1.82) is 0 Å². The lowest BCUT2D eigenvalue weighted by molar-refractivity contribution is -0.124. The highest BCUT2D eigenvalue weighted by molar-refractivity contribution is 7.99. The molecule has 3 amide bonds. The summed E-state index contributed by atoms with van der Waals surface area (Å²) in [4.78, 5) is 39.7. The van der Waals surface area contributed by atoms with Crippen molar-refractivity contribution in [2.24, 2.45) is 0 Å². The van der Waals surface area contributed by atoms with E-state index in [0.29, 0.717) is 17.8 Å². The number of anilines is 1. The lowest BCUT2D eigenvalue weighted by Gasteiger charge is -2.23. The van der Waals surface area contributed by atoms with Gasteiger partial charge in [0.15, 0.2) is 0 Å². The van der Waals surface area contributed by atoms with Gasteiger partial charge < -0.3 is 15.5 Å². The molecule has 2 N–H and O–H groups in total. The molecule has 0 aliphatic carbocycles. The molecule has 6 nitrogen and oxygen atoms in total. The standard InChI is InChI=1S/C20H21N3O3S/c1-14-20(26)23(17-10-6-5-9-16(17)19(25)22-14)13-18(24)21-11-12-27-15-7-3-2-4-8-15/h2-10,14H,11-13H2,1H3,(H,21,24)(H,22,25)/t14-/m0/s1. The highest BCUT2D eigenvalue weighted by Crippen LogP contribution is 2.24. The molecule has 0 saturated heterocycles. The van der Waals surface area contributed by atoms with Gasteiger partial charge in [-0.2, -0.15) is 0 Å². The SMILES string of the molecule is C[C@@H]1NC(=O)c2ccccc2N(CC(=O)NCCSc2ccccc2)C1=O. The molecule has 1 aliphatic heterocycles. The first-order valence-corrected chi connectivity index (χ1v) is 9.70. The second-order valence-electron chi connectivity index (χ2n) is 6.15. The van der Waals surface area contributed by atoms with Crippen LogP contribution in [0, 0.1) is 0 Å². The molecule has 0 radical (unpaired) electrons. The third-order valence-electron chi connectivity index (χ3n) is 4.16. The first-order valence-electron chi connectivity index (χ1n) is 8.72. The van der Waals surface area contributed by atoms with Crippen LogP contribution < -0.4 is 15.5 Å². The number of para-hydroxylation sites is 1. The van der Waals surface area contributed by atoms with Crippen LogP contribution >= 0.6 is 11.8 Å². The van der Waals surface area contributed by atoms with Gasteiger partial charge in [-0.1, -0.05) is 30.3 Å². The summed E-state index contributed by atoms with van der Waals surface area (Å²) in [5.74, 6) is -0.138. The summed E-state index contributed by atoms with van der Waals surface area (Å²) in [5.41, 5.74) is 0.848. The van der Waals surface area contributed by atoms with Gasteiger partial charge in [0.25, 0.3) is 5.91 Å². The minimum Gasteiger partial charge on any atom is -0.354 e. The number of amides is 3. The summed E-state index contributed by atoms with van der Waals surface area (Å²) in [7, 11) is 0. The van der Waals surface area contributed by atoms with Gasteiger partial charge >= 0.3 is 0 Å². The summed E-state index contributed by atoms with van der Waals surface area (Å²) in [6, 6.07) is 16.1. The summed E-state index contributed by atoms with van der Waals surface area (Å²) in [6.45, 7) is 1.99. The molecule has 0 fully saturated rings. The number of fused-ring (bicyclic) bond motifs is 1. The van der Waals surface area contributed by atoms with Crippen LogP contribution in [0.5, 0.6) is 0 Å². The number of carbonyl (C=O) groups is 3. The fraction of sp³-hybridized carbons (Fsp3) is 0.250. The molecule has 7 heteroatoms. The molecule has 0 spiro atoms. The van der Waals surface area contributed by atoms with E-state index in [-0.39, 0.29) is 24.3 Å². The second-order valence-corrected chi connectivity index (χ2v) is 7.32. The highest BCUT2D eigenvalue weighted by Gasteiger charge is 2.31. The average Bonchev–Trinajstić information content (AvgIpc) is 2.77. The molecule has 0 bridgehead atoms. The molecule has 2 aromatic carbocycles. The van der Waals surface area contributed by atoms with Crippen molar-refractivity contribution in [3.8, 4) is 0 Å². The zero-order valence-corrected chi connectivity index (χ0v) is 15.8. The molecule has 3 rings (SSSR count). The van der Waals surface area contributed by atoms with Crippen LogP contribution in [0.15, 0.2) is 59.5 Å². The molecule has 1 aliphatic rings.